The van der Waals surface area contributed by atoms with Gasteiger partial charge in [0.25, 0.3) is 5.91 Å². The first-order valence-electron chi connectivity index (χ1n) is 11.6. The molecular formula is C24H33N5O3S. The monoisotopic (exact) mass is 471 g/mol. The molecule has 2 aromatic rings. The van der Waals surface area contributed by atoms with Crippen LogP contribution in [0.15, 0.2) is 23.6 Å². The zero-order valence-corrected chi connectivity index (χ0v) is 20.7. The second kappa shape index (κ2) is 9.67. The van der Waals surface area contributed by atoms with E-state index in [1.165, 1.54) is 0 Å². The number of hydrogen-bond acceptors (Lipinski definition) is 7. The van der Waals surface area contributed by atoms with Crippen molar-refractivity contribution in [2.75, 3.05) is 44.2 Å². The third kappa shape index (κ3) is 5.82. The van der Waals surface area contributed by atoms with Crippen LogP contribution in [0.3, 0.4) is 0 Å². The minimum atomic E-state index is -0.486. The molecule has 178 valence electrons. The van der Waals surface area contributed by atoms with Crippen LogP contribution in [-0.2, 0) is 4.74 Å². The Bertz CT molecular complexity index is 986. The average molecular weight is 472 g/mol. The molecule has 33 heavy (non-hydrogen) atoms. The fourth-order valence-corrected chi connectivity index (χ4v) is 5.18. The zero-order chi connectivity index (χ0) is 23.6. The van der Waals surface area contributed by atoms with Crippen LogP contribution in [0.25, 0.3) is 0 Å². The SMILES string of the molecule is Cc1cccc(N2CCN(C(=O)c3csc(C4CCN(C(=O)OC(C)(C)C)CC4)n3)CC2)n1. The second-order valence-corrected chi connectivity index (χ2v) is 10.6. The van der Waals surface area contributed by atoms with Crippen molar-refractivity contribution in [3.8, 4) is 0 Å². The molecule has 8 nitrogen and oxygen atoms in total. The van der Waals surface area contributed by atoms with Crippen molar-refractivity contribution in [1.29, 1.82) is 0 Å². The number of nitrogens with zero attached hydrogens (tertiary/aromatic N) is 5. The summed E-state index contributed by atoms with van der Waals surface area (Å²) in [5.74, 6) is 1.25. The fourth-order valence-electron chi connectivity index (χ4n) is 4.21. The molecule has 2 saturated heterocycles. The molecule has 0 aliphatic carbocycles. The molecule has 0 spiro atoms. The number of piperidine rings is 1. The standard InChI is InChI=1S/C24H33N5O3S/c1-17-6-5-7-20(25-17)27-12-14-28(15-13-27)22(30)19-16-33-21(26-19)18-8-10-29(11-9-18)23(31)32-24(2,3)4/h5-7,16,18H,8-15H2,1-4H3. The number of amides is 2. The molecule has 2 aliphatic rings. The molecule has 4 rings (SSSR count). The lowest BCUT2D eigenvalue weighted by Gasteiger charge is -2.35. The zero-order valence-electron chi connectivity index (χ0n) is 19.9. The van der Waals surface area contributed by atoms with Crippen LogP contribution < -0.4 is 4.90 Å². The van der Waals surface area contributed by atoms with E-state index < -0.39 is 5.60 Å². The lowest BCUT2D eigenvalue weighted by Crippen LogP contribution is -2.49. The predicted molar refractivity (Wildman–Crippen MR) is 129 cm³/mol. The quantitative estimate of drug-likeness (QED) is 0.675. The molecule has 2 aromatic heterocycles. The number of aromatic nitrogens is 2. The summed E-state index contributed by atoms with van der Waals surface area (Å²) < 4.78 is 5.48. The second-order valence-electron chi connectivity index (χ2n) is 9.73. The van der Waals surface area contributed by atoms with Gasteiger partial charge >= 0.3 is 6.09 Å². The number of carbonyl (C=O) groups is 2. The van der Waals surface area contributed by atoms with Gasteiger partial charge in [0, 0.05) is 56.3 Å². The third-order valence-corrected chi connectivity index (χ3v) is 7.01. The minimum absolute atomic E-state index is 0.000502. The highest BCUT2D eigenvalue weighted by Crippen LogP contribution is 2.31. The van der Waals surface area contributed by atoms with E-state index in [1.807, 2.05) is 56.2 Å². The number of pyridine rings is 1. The Morgan fingerprint density at radius 1 is 1.00 bits per heavy atom. The lowest BCUT2D eigenvalue weighted by molar-refractivity contribution is 0.0204. The lowest BCUT2D eigenvalue weighted by atomic mass is 9.98. The Kier molecular flexibility index (Phi) is 6.88. The fraction of sp³-hybridized carbons (Fsp3) is 0.583. The van der Waals surface area contributed by atoms with Crippen molar-refractivity contribution < 1.29 is 14.3 Å². The maximum Gasteiger partial charge on any atom is 0.410 e. The van der Waals surface area contributed by atoms with Gasteiger partial charge in [-0.1, -0.05) is 6.07 Å². The number of aryl methyl sites for hydroxylation is 1. The number of likely N-dealkylation sites (tertiary alicyclic amines) is 1. The molecule has 9 heteroatoms. The Morgan fingerprint density at radius 3 is 2.33 bits per heavy atom. The molecule has 0 radical (unpaired) electrons. The van der Waals surface area contributed by atoms with E-state index in [2.05, 4.69) is 9.88 Å². The summed E-state index contributed by atoms with van der Waals surface area (Å²) >= 11 is 1.55. The molecule has 2 aliphatic heterocycles. The number of carbonyl (C=O) groups excluding carboxylic acids is 2. The van der Waals surface area contributed by atoms with E-state index in [0.717, 1.165) is 42.5 Å². The van der Waals surface area contributed by atoms with Gasteiger partial charge in [-0.05, 0) is 52.7 Å². The van der Waals surface area contributed by atoms with Crippen LogP contribution >= 0.6 is 11.3 Å². The topological polar surface area (TPSA) is 78.9 Å². The smallest absolute Gasteiger partial charge is 0.410 e. The van der Waals surface area contributed by atoms with E-state index in [-0.39, 0.29) is 17.9 Å². The van der Waals surface area contributed by atoms with Gasteiger partial charge in [-0.15, -0.1) is 11.3 Å². The van der Waals surface area contributed by atoms with Crippen molar-refractivity contribution >= 4 is 29.2 Å². The van der Waals surface area contributed by atoms with Crippen molar-refractivity contribution in [3.05, 3.63) is 40.0 Å². The first kappa shape index (κ1) is 23.5. The molecule has 0 saturated carbocycles. The average Bonchev–Trinajstić information content (AvgIpc) is 3.28. The van der Waals surface area contributed by atoms with Gasteiger partial charge in [-0.2, -0.15) is 0 Å². The highest BCUT2D eigenvalue weighted by atomic mass is 32.1. The van der Waals surface area contributed by atoms with E-state index in [4.69, 9.17) is 9.72 Å². The van der Waals surface area contributed by atoms with E-state index in [0.29, 0.717) is 31.9 Å². The van der Waals surface area contributed by atoms with Crippen LogP contribution in [0, 0.1) is 6.92 Å². The summed E-state index contributed by atoms with van der Waals surface area (Å²) in [4.78, 5) is 40.5. The number of thiazole rings is 1. The van der Waals surface area contributed by atoms with Gasteiger partial charge in [0.2, 0.25) is 0 Å². The molecule has 2 amide bonds. The number of hydrogen-bond donors (Lipinski definition) is 0. The van der Waals surface area contributed by atoms with Gasteiger partial charge in [0.15, 0.2) is 0 Å². The third-order valence-electron chi connectivity index (χ3n) is 6.00. The molecular weight excluding hydrogens is 438 g/mol. The van der Waals surface area contributed by atoms with Crippen LogP contribution in [-0.4, -0.2) is 76.6 Å². The van der Waals surface area contributed by atoms with Crippen molar-refractivity contribution in [3.63, 3.8) is 0 Å². The predicted octanol–water partition coefficient (Wildman–Crippen LogP) is 3.92. The Balaban J connectivity index is 1.29. The maximum absolute atomic E-state index is 13.0. The molecule has 0 N–H and O–H groups in total. The first-order chi connectivity index (χ1) is 15.7. The van der Waals surface area contributed by atoms with Crippen molar-refractivity contribution in [2.45, 2.75) is 52.1 Å². The Labute approximate surface area is 199 Å². The van der Waals surface area contributed by atoms with Crippen LogP contribution in [0.4, 0.5) is 10.6 Å². The molecule has 2 fully saturated rings. The Morgan fingerprint density at radius 2 is 1.70 bits per heavy atom. The molecule has 4 heterocycles. The highest BCUT2D eigenvalue weighted by molar-refractivity contribution is 7.09. The van der Waals surface area contributed by atoms with Gasteiger partial charge in [-0.25, -0.2) is 14.8 Å². The summed E-state index contributed by atoms with van der Waals surface area (Å²) in [7, 11) is 0. The number of anilines is 1. The molecule has 0 aromatic carbocycles. The van der Waals surface area contributed by atoms with E-state index in [9.17, 15) is 9.59 Å². The summed E-state index contributed by atoms with van der Waals surface area (Å²) in [5.41, 5.74) is 1.05. The summed E-state index contributed by atoms with van der Waals surface area (Å²) in [6.45, 7) is 11.8. The number of rotatable bonds is 3. The molecule has 0 bridgehead atoms. The van der Waals surface area contributed by atoms with Gasteiger partial charge in [-0.3, -0.25) is 4.79 Å². The van der Waals surface area contributed by atoms with E-state index in [1.54, 1.807) is 16.2 Å². The molecule has 0 unspecified atom stereocenters. The van der Waals surface area contributed by atoms with Crippen LogP contribution in [0.1, 0.15) is 60.7 Å². The van der Waals surface area contributed by atoms with Crippen molar-refractivity contribution in [1.82, 2.24) is 19.8 Å². The number of piperazine rings is 1. The maximum atomic E-state index is 13.0. The first-order valence-corrected chi connectivity index (χ1v) is 12.5. The highest BCUT2D eigenvalue weighted by Gasteiger charge is 2.30. The van der Waals surface area contributed by atoms with Crippen LogP contribution in [0.2, 0.25) is 0 Å². The van der Waals surface area contributed by atoms with Crippen LogP contribution in [0.5, 0.6) is 0 Å². The number of ether oxygens (including phenoxy) is 1. The minimum Gasteiger partial charge on any atom is -0.444 e. The van der Waals surface area contributed by atoms with Gasteiger partial charge in [0.1, 0.15) is 17.1 Å². The summed E-state index contributed by atoms with van der Waals surface area (Å²) in [6.07, 6.45) is 1.42. The largest absolute Gasteiger partial charge is 0.444 e. The normalized spacial score (nSPS) is 17.9. The van der Waals surface area contributed by atoms with Gasteiger partial charge in [0.05, 0.1) is 5.01 Å². The summed E-state index contributed by atoms with van der Waals surface area (Å²) in [5, 5.41) is 2.87. The Hall–Kier alpha value is -2.68. The molecule has 0 atom stereocenters. The van der Waals surface area contributed by atoms with E-state index >= 15 is 0 Å². The van der Waals surface area contributed by atoms with Gasteiger partial charge < -0.3 is 19.4 Å². The summed E-state index contributed by atoms with van der Waals surface area (Å²) in [6, 6.07) is 6.03. The van der Waals surface area contributed by atoms with Crippen molar-refractivity contribution in [2.24, 2.45) is 0 Å².